The zero-order valence-corrected chi connectivity index (χ0v) is 13.4. The van der Waals surface area contributed by atoms with Gasteiger partial charge in [-0.1, -0.05) is 32.4 Å². The molecule has 0 aromatic rings. The number of hydrogen-bond donors (Lipinski definition) is 0. The number of nitrogens with zero attached hydrogens (tertiary/aromatic N) is 2. The third-order valence-corrected chi connectivity index (χ3v) is 4.61. The van der Waals surface area contributed by atoms with Crippen LogP contribution in [-0.4, -0.2) is 47.4 Å². The molecule has 2 fully saturated rings. The third-order valence-electron chi connectivity index (χ3n) is 4.61. The number of carbonyl (C=O) groups is 1. The SMILES string of the molecule is C=C(C)CN1[C@@H]2CC[C@H]1CN(C(=O)CCCC(C)C)C2. The molecule has 2 rings (SSSR count). The molecule has 20 heavy (non-hydrogen) atoms. The van der Waals surface area contributed by atoms with Crippen LogP contribution in [0.3, 0.4) is 0 Å². The van der Waals surface area contributed by atoms with Crippen LogP contribution in [0.25, 0.3) is 0 Å². The van der Waals surface area contributed by atoms with Crippen molar-refractivity contribution in [3.05, 3.63) is 12.2 Å². The Kier molecular flexibility index (Phi) is 5.25. The topological polar surface area (TPSA) is 23.6 Å². The molecule has 3 nitrogen and oxygen atoms in total. The summed E-state index contributed by atoms with van der Waals surface area (Å²) in [6.07, 6.45) is 5.42. The van der Waals surface area contributed by atoms with E-state index < -0.39 is 0 Å². The molecule has 2 atom stereocenters. The maximum atomic E-state index is 12.3. The number of amides is 1. The van der Waals surface area contributed by atoms with Crippen molar-refractivity contribution < 1.29 is 4.79 Å². The maximum absolute atomic E-state index is 12.3. The largest absolute Gasteiger partial charge is 0.340 e. The first-order chi connectivity index (χ1) is 9.47. The van der Waals surface area contributed by atoms with E-state index in [0.717, 1.165) is 38.9 Å². The standard InChI is InChI=1S/C17H30N2O/c1-13(2)6-5-7-17(20)18-11-15-8-9-16(12-18)19(15)10-14(3)4/h13,15-16H,3,5-12H2,1-2,4H3/t15-,16+. The minimum absolute atomic E-state index is 0.373. The first-order valence-corrected chi connectivity index (χ1v) is 8.15. The Bertz CT molecular complexity index is 350. The number of fused-ring (bicyclic) bond motifs is 2. The first-order valence-electron chi connectivity index (χ1n) is 8.15. The van der Waals surface area contributed by atoms with Crippen LogP contribution in [0.5, 0.6) is 0 Å². The third kappa shape index (κ3) is 3.85. The van der Waals surface area contributed by atoms with Crippen molar-refractivity contribution in [2.24, 2.45) is 5.92 Å². The molecule has 0 saturated carbocycles. The van der Waals surface area contributed by atoms with E-state index in [1.165, 1.54) is 18.4 Å². The minimum Gasteiger partial charge on any atom is -0.340 e. The van der Waals surface area contributed by atoms with Gasteiger partial charge < -0.3 is 4.90 Å². The molecule has 1 amide bonds. The van der Waals surface area contributed by atoms with Crippen molar-refractivity contribution in [1.29, 1.82) is 0 Å². The lowest BCUT2D eigenvalue weighted by Gasteiger charge is -2.41. The van der Waals surface area contributed by atoms with Gasteiger partial charge in [0.25, 0.3) is 0 Å². The lowest BCUT2D eigenvalue weighted by Crippen LogP contribution is -2.55. The van der Waals surface area contributed by atoms with Gasteiger partial charge in [0, 0.05) is 38.1 Å². The van der Waals surface area contributed by atoms with Crippen molar-refractivity contribution in [2.75, 3.05) is 19.6 Å². The lowest BCUT2D eigenvalue weighted by molar-refractivity contribution is -0.134. The molecular formula is C17H30N2O. The highest BCUT2D eigenvalue weighted by molar-refractivity contribution is 5.76. The zero-order valence-electron chi connectivity index (χ0n) is 13.4. The average molecular weight is 278 g/mol. The molecule has 0 aromatic carbocycles. The van der Waals surface area contributed by atoms with Gasteiger partial charge in [-0.25, -0.2) is 0 Å². The van der Waals surface area contributed by atoms with Gasteiger partial charge in [-0.05, 0) is 32.1 Å². The zero-order chi connectivity index (χ0) is 14.7. The van der Waals surface area contributed by atoms with E-state index in [9.17, 15) is 4.79 Å². The second-order valence-electron chi connectivity index (χ2n) is 7.10. The Morgan fingerprint density at radius 1 is 1.25 bits per heavy atom. The molecule has 114 valence electrons. The highest BCUT2D eigenvalue weighted by Gasteiger charge is 2.40. The summed E-state index contributed by atoms with van der Waals surface area (Å²) >= 11 is 0. The Morgan fingerprint density at radius 3 is 2.35 bits per heavy atom. The first kappa shape index (κ1) is 15.6. The van der Waals surface area contributed by atoms with Crippen molar-refractivity contribution in [3.63, 3.8) is 0 Å². The summed E-state index contributed by atoms with van der Waals surface area (Å²) in [4.78, 5) is 17.0. The number of rotatable bonds is 6. The summed E-state index contributed by atoms with van der Waals surface area (Å²) in [6, 6.07) is 1.14. The molecule has 2 bridgehead atoms. The van der Waals surface area contributed by atoms with Crippen molar-refractivity contribution in [3.8, 4) is 0 Å². The van der Waals surface area contributed by atoms with Crippen LogP contribution in [0.2, 0.25) is 0 Å². The van der Waals surface area contributed by atoms with E-state index in [1.54, 1.807) is 0 Å². The number of likely N-dealkylation sites (tertiary alicyclic amines) is 1. The minimum atomic E-state index is 0.373. The Balaban J connectivity index is 1.83. The van der Waals surface area contributed by atoms with Crippen LogP contribution in [0.1, 0.15) is 52.9 Å². The van der Waals surface area contributed by atoms with Crippen LogP contribution in [-0.2, 0) is 4.79 Å². The fourth-order valence-corrected chi connectivity index (χ4v) is 3.58. The fourth-order valence-electron chi connectivity index (χ4n) is 3.58. The van der Waals surface area contributed by atoms with E-state index in [2.05, 4.69) is 37.1 Å². The number of carbonyl (C=O) groups excluding carboxylic acids is 1. The predicted molar refractivity (Wildman–Crippen MR) is 83.6 cm³/mol. The van der Waals surface area contributed by atoms with E-state index in [1.807, 2.05) is 0 Å². The van der Waals surface area contributed by atoms with Gasteiger partial charge in [-0.2, -0.15) is 0 Å². The summed E-state index contributed by atoms with van der Waals surface area (Å²) in [7, 11) is 0. The number of piperazine rings is 1. The summed E-state index contributed by atoms with van der Waals surface area (Å²) in [5.41, 5.74) is 1.23. The second kappa shape index (κ2) is 6.75. The Labute approximate surface area is 124 Å². The monoisotopic (exact) mass is 278 g/mol. The van der Waals surface area contributed by atoms with E-state index in [-0.39, 0.29) is 0 Å². The van der Waals surface area contributed by atoms with Crippen molar-refractivity contribution >= 4 is 5.91 Å². The average Bonchev–Trinajstić information content (AvgIpc) is 2.61. The van der Waals surface area contributed by atoms with Gasteiger partial charge in [0.2, 0.25) is 5.91 Å². The maximum Gasteiger partial charge on any atom is 0.222 e. The molecule has 0 aromatic heterocycles. The molecule has 3 heteroatoms. The molecule has 0 N–H and O–H groups in total. The molecule has 0 spiro atoms. The molecule has 0 unspecified atom stereocenters. The summed E-state index contributed by atoms with van der Waals surface area (Å²) in [5, 5.41) is 0. The lowest BCUT2D eigenvalue weighted by atomic mass is 10.1. The van der Waals surface area contributed by atoms with Gasteiger partial charge in [0.15, 0.2) is 0 Å². The molecule has 0 radical (unpaired) electrons. The van der Waals surface area contributed by atoms with E-state index >= 15 is 0 Å². The van der Waals surface area contributed by atoms with Crippen LogP contribution in [0.15, 0.2) is 12.2 Å². The van der Waals surface area contributed by atoms with Gasteiger partial charge >= 0.3 is 0 Å². The fraction of sp³-hybridized carbons (Fsp3) is 0.824. The van der Waals surface area contributed by atoms with Gasteiger partial charge in [0.1, 0.15) is 0 Å². The summed E-state index contributed by atoms with van der Waals surface area (Å²) in [5.74, 6) is 1.07. The molecular weight excluding hydrogens is 248 g/mol. The van der Waals surface area contributed by atoms with Crippen LogP contribution in [0.4, 0.5) is 0 Å². The molecule has 2 aliphatic heterocycles. The smallest absolute Gasteiger partial charge is 0.222 e. The number of hydrogen-bond acceptors (Lipinski definition) is 2. The highest BCUT2D eigenvalue weighted by Crippen LogP contribution is 2.31. The second-order valence-corrected chi connectivity index (χ2v) is 7.10. The van der Waals surface area contributed by atoms with Crippen LogP contribution < -0.4 is 0 Å². The molecule has 2 aliphatic rings. The highest BCUT2D eigenvalue weighted by atomic mass is 16.2. The summed E-state index contributed by atoms with van der Waals surface area (Å²) in [6.45, 7) is 13.5. The van der Waals surface area contributed by atoms with Crippen molar-refractivity contribution in [1.82, 2.24) is 9.80 Å². The van der Waals surface area contributed by atoms with E-state index in [0.29, 0.717) is 23.9 Å². The van der Waals surface area contributed by atoms with Gasteiger partial charge in [-0.3, -0.25) is 9.69 Å². The Hall–Kier alpha value is -0.830. The Morgan fingerprint density at radius 2 is 1.85 bits per heavy atom. The normalized spacial score (nSPS) is 26.3. The molecule has 0 aliphatic carbocycles. The predicted octanol–water partition coefficient (Wildman–Crippen LogP) is 3.06. The van der Waals surface area contributed by atoms with Crippen molar-refractivity contribution in [2.45, 2.75) is 65.0 Å². The van der Waals surface area contributed by atoms with Gasteiger partial charge in [-0.15, -0.1) is 0 Å². The van der Waals surface area contributed by atoms with Crippen LogP contribution in [0, 0.1) is 5.92 Å². The van der Waals surface area contributed by atoms with E-state index in [4.69, 9.17) is 0 Å². The molecule has 2 saturated heterocycles. The summed E-state index contributed by atoms with van der Waals surface area (Å²) < 4.78 is 0. The quantitative estimate of drug-likeness (QED) is 0.697. The van der Waals surface area contributed by atoms with Gasteiger partial charge in [0.05, 0.1) is 0 Å². The van der Waals surface area contributed by atoms with Crippen LogP contribution >= 0.6 is 0 Å². The molecule has 2 heterocycles.